The monoisotopic (exact) mass is 259 g/mol. The normalized spacial score (nSPS) is 26.7. The highest BCUT2D eigenvalue weighted by Gasteiger charge is 2.41. The van der Waals surface area contributed by atoms with Gasteiger partial charge in [0.05, 0.1) is 5.56 Å². The molecule has 1 N–H and O–H groups in total. The van der Waals surface area contributed by atoms with Gasteiger partial charge in [-0.05, 0) is 36.9 Å². The van der Waals surface area contributed by atoms with Gasteiger partial charge in [-0.3, -0.25) is 19.5 Å². The molecule has 0 radical (unpaired) electrons. The van der Waals surface area contributed by atoms with Crippen molar-refractivity contribution in [2.24, 2.45) is 5.41 Å². The Morgan fingerprint density at radius 2 is 2.26 bits per heavy atom. The zero-order valence-electron chi connectivity index (χ0n) is 11.0. The first-order valence-electron chi connectivity index (χ1n) is 6.63. The fraction of sp³-hybridized carbons (Fsp3) is 0.500. The average molecular weight is 259 g/mol. The number of aromatic nitrogens is 1. The van der Waals surface area contributed by atoms with Crippen molar-refractivity contribution in [3.05, 3.63) is 29.6 Å². The number of amides is 2. The number of rotatable bonds is 2. The van der Waals surface area contributed by atoms with E-state index in [1.54, 1.807) is 18.3 Å². The summed E-state index contributed by atoms with van der Waals surface area (Å²) >= 11 is 0. The molecule has 1 atom stereocenters. The summed E-state index contributed by atoms with van der Waals surface area (Å²) in [7, 11) is 0. The summed E-state index contributed by atoms with van der Waals surface area (Å²) in [6.45, 7) is 4.44. The second kappa shape index (κ2) is 4.42. The summed E-state index contributed by atoms with van der Waals surface area (Å²) in [5.41, 5.74) is 0.686. The molecule has 3 rings (SSSR count). The van der Waals surface area contributed by atoms with Crippen molar-refractivity contribution < 1.29 is 9.59 Å². The topological polar surface area (TPSA) is 62.3 Å². The number of pyridine rings is 1. The van der Waals surface area contributed by atoms with Crippen LogP contribution in [0.1, 0.15) is 40.6 Å². The SMILES string of the molecule is CC1(CN2C(=O)c3cccnc3C2=O)CCCNC1. The number of hydrogen-bond donors (Lipinski definition) is 1. The van der Waals surface area contributed by atoms with Crippen molar-refractivity contribution in [2.45, 2.75) is 19.8 Å². The van der Waals surface area contributed by atoms with Crippen LogP contribution in [0.4, 0.5) is 0 Å². The van der Waals surface area contributed by atoms with Gasteiger partial charge in [-0.1, -0.05) is 6.92 Å². The molecule has 1 unspecified atom stereocenters. The van der Waals surface area contributed by atoms with E-state index in [0.29, 0.717) is 17.8 Å². The lowest BCUT2D eigenvalue weighted by Gasteiger charge is -2.36. The molecule has 1 fully saturated rings. The first-order chi connectivity index (χ1) is 9.11. The standard InChI is InChI=1S/C14H17N3O2/c1-14(5-3-6-15-8-14)9-17-12(18)10-4-2-7-16-11(10)13(17)19/h2,4,7,15H,3,5-6,8-9H2,1H3. The Kier molecular flexibility index (Phi) is 2.86. The number of nitrogens with one attached hydrogen (secondary N) is 1. The van der Waals surface area contributed by atoms with Gasteiger partial charge in [0.25, 0.3) is 11.8 Å². The lowest BCUT2D eigenvalue weighted by molar-refractivity contribution is 0.0553. The third-order valence-corrected chi connectivity index (χ3v) is 3.96. The molecular weight excluding hydrogens is 242 g/mol. The first kappa shape index (κ1) is 12.3. The molecule has 2 aliphatic rings. The Balaban J connectivity index is 1.84. The van der Waals surface area contributed by atoms with Crippen LogP contribution in [0, 0.1) is 5.41 Å². The Morgan fingerprint density at radius 3 is 2.95 bits per heavy atom. The zero-order chi connectivity index (χ0) is 13.5. The van der Waals surface area contributed by atoms with Crippen LogP contribution < -0.4 is 5.32 Å². The quantitative estimate of drug-likeness (QED) is 0.807. The minimum Gasteiger partial charge on any atom is -0.316 e. The number of fused-ring (bicyclic) bond motifs is 1. The predicted octanol–water partition coefficient (Wildman–Crippen LogP) is 1.07. The molecule has 0 saturated carbocycles. The molecule has 1 aromatic rings. The van der Waals surface area contributed by atoms with Crippen molar-refractivity contribution >= 4 is 11.8 Å². The van der Waals surface area contributed by atoms with Crippen molar-refractivity contribution in [1.82, 2.24) is 15.2 Å². The third kappa shape index (κ3) is 2.04. The summed E-state index contributed by atoms with van der Waals surface area (Å²) in [4.78, 5) is 29.9. The Morgan fingerprint density at radius 1 is 1.42 bits per heavy atom. The van der Waals surface area contributed by atoms with Crippen molar-refractivity contribution in [2.75, 3.05) is 19.6 Å². The molecule has 5 nitrogen and oxygen atoms in total. The Hall–Kier alpha value is -1.75. The summed E-state index contributed by atoms with van der Waals surface area (Å²) in [5, 5.41) is 3.34. The Bertz CT molecular complexity index is 500. The summed E-state index contributed by atoms with van der Waals surface area (Å²) in [5.74, 6) is -0.465. The fourth-order valence-corrected chi connectivity index (χ4v) is 2.89. The first-order valence-corrected chi connectivity index (χ1v) is 6.63. The lowest BCUT2D eigenvalue weighted by atomic mass is 9.82. The van der Waals surface area contributed by atoms with E-state index in [1.807, 2.05) is 0 Å². The second-order valence-corrected chi connectivity index (χ2v) is 5.69. The van der Waals surface area contributed by atoms with Crippen LogP contribution in [0.3, 0.4) is 0 Å². The zero-order valence-corrected chi connectivity index (χ0v) is 11.0. The molecule has 0 bridgehead atoms. The van der Waals surface area contributed by atoms with Crippen LogP contribution in [-0.2, 0) is 0 Å². The van der Waals surface area contributed by atoms with Gasteiger partial charge in [0.1, 0.15) is 5.69 Å². The maximum Gasteiger partial charge on any atom is 0.280 e. The molecule has 1 aromatic heterocycles. The lowest BCUT2D eigenvalue weighted by Crippen LogP contribution is -2.47. The van der Waals surface area contributed by atoms with Crippen LogP contribution in [0.25, 0.3) is 0 Å². The molecule has 0 aromatic carbocycles. The number of hydrogen-bond acceptors (Lipinski definition) is 4. The van der Waals surface area contributed by atoms with Crippen LogP contribution in [0.2, 0.25) is 0 Å². The minimum atomic E-state index is -0.257. The molecule has 1 saturated heterocycles. The smallest absolute Gasteiger partial charge is 0.280 e. The molecule has 3 heterocycles. The Labute approximate surface area is 112 Å². The molecule has 0 spiro atoms. The van der Waals surface area contributed by atoms with E-state index in [4.69, 9.17) is 0 Å². The van der Waals surface area contributed by atoms with Crippen molar-refractivity contribution in [1.29, 1.82) is 0 Å². The minimum absolute atomic E-state index is 0.0361. The summed E-state index contributed by atoms with van der Waals surface area (Å²) in [6, 6.07) is 3.36. The van der Waals surface area contributed by atoms with E-state index in [-0.39, 0.29) is 17.2 Å². The molecule has 19 heavy (non-hydrogen) atoms. The second-order valence-electron chi connectivity index (χ2n) is 5.69. The third-order valence-electron chi connectivity index (χ3n) is 3.96. The summed E-state index contributed by atoms with van der Waals surface area (Å²) < 4.78 is 0. The van der Waals surface area contributed by atoms with E-state index in [0.717, 1.165) is 25.9 Å². The maximum atomic E-state index is 12.3. The fourth-order valence-electron chi connectivity index (χ4n) is 2.89. The van der Waals surface area contributed by atoms with Crippen molar-refractivity contribution in [3.8, 4) is 0 Å². The maximum absolute atomic E-state index is 12.3. The van der Waals surface area contributed by atoms with Crippen LogP contribution in [-0.4, -0.2) is 41.3 Å². The van der Waals surface area contributed by atoms with Gasteiger partial charge < -0.3 is 5.32 Å². The number of carbonyl (C=O) groups excluding carboxylic acids is 2. The van der Waals surface area contributed by atoms with Gasteiger partial charge in [0, 0.05) is 19.3 Å². The van der Waals surface area contributed by atoms with Crippen LogP contribution in [0.5, 0.6) is 0 Å². The average Bonchev–Trinajstić information content (AvgIpc) is 2.65. The van der Waals surface area contributed by atoms with E-state index in [2.05, 4.69) is 17.2 Å². The molecule has 2 amide bonds. The van der Waals surface area contributed by atoms with Crippen molar-refractivity contribution in [3.63, 3.8) is 0 Å². The van der Waals surface area contributed by atoms with Crippen LogP contribution >= 0.6 is 0 Å². The van der Waals surface area contributed by atoms with E-state index >= 15 is 0 Å². The largest absolute Gasteiger partial charge is 0.316 e. The summed E-state index contributed by atoms with van der Waals surface area (Å²) in [6.07, 6.45) is 3.66. The van der Waals surface area contributed by atoms with E-state index in [1.165, 1.54) is 4.90 Å². The number of nitrogens with zero attached hydrogens (tertiary/aromatic N) is 2. The van der Waals surface area contributed by atoms with Gasteiger partial charge in [-0.25, -0.2) is 0 Å². The molecule has 2 aliphatic heterocycles. The number of carbonyl (C=O) groups is 2. The van der Waals surface area contributed by atoms with Gasteiger partial charge >= 0.3 is 0 Å². The van der Waals surface area contributed by atoms with Crippen LogP contribution in [0.15, 0.2) is 18.3 Å². The van der Waals surface area contributed by atoms with Gasteiger partial charge in [-0.2, -0.15) is 0 Å². The molecule has 100 valence electrons. The van der Waals surface area contributed by atoms with E-state index in [9.17, 15) is 9.59 Å². The molecule has 0 aliphatic carbocycles. The molecular formula is C14H17N3O2. The highest BCUT2D eigenvalue weighted by Crippen LogP contribution is 2.30. The highest BCUT2D eigenvalue weighted by molar-refractivity contribution is 6.20. The van der Waals surface area contributed by atoms with E-state index < -0.39 is 0 Å². The number of piperidine rings is 1. The predicted molar refractivity (Wildman–Crippen MR) is 69.8 cm³/mol. The molecule has 5 heteroatoms. The van der Waals surface area contributed by atoms with Gasteiger partial charge in [0.15, 0.2) is 0 Å². The van der Waals surface area contributed by atoms with Gasteiger partial charge in [0.2, 0.25) is 0 Å². The highest BCUT2D eigenvalue weighted by atomic mass is 16.2. The van der Waals surface area contributed by atoms with Gasteiger partial charge in [-0.15, -0.1) is 0 Å². The number of imide groups is 1.